The third kappa shape index (κ3) is 3.32. The molecule has 2 heterocycles. The van der Waals surface area contributed by atoms with Gasteiger partial charge in [-0.3, -0.25) is 4.90 Å². The molecule has 6 nitrogen and oxygen atoms in total. The first-order chi connectivity index (χ1) is 11.0. The Labute approximate surface area is 135 Å². The molecule has 3 aromatic rings. The maximum absolute atomic E-state index is 9.94. The summed E-state index contributed by atoms with van der Waals surface area (Å²) >= 11 is 0. The molecule has 0 aliphatic heterocycles. The molecule has 0 saturated carbocycles. The second kappa shape index (κ2) is 6.34. The van der Waals surface area contributed by atoms with E-state index in [-0.39, 0.29) is 5.75 Å². The fourth-order valence-electron chi connectivity index (χ4n) is 2.64. The largest absolute Gasteiger partial charge is 0.506 e. The highest BCUT2D eigenvalue weighted by Crippen LogP contribution is 2.22. The maximum Gasteiger partial charge on any atom is 0.147 e. The van der Waals surface area contributed by atoms with Crippen LogP contribution < -0.4 is 0 Å². The van der Waals surface area contributed by atoms with Gasteiger partial charge in [0.05, 0.1) is 12.2 Å². The average molecular weight is 311 g/mol. The van der Waals surface area contributed by atoms with E-state index in [2.05, 4.69) is 38.5 Å². The maximum atomic E-state index is 9.94. The third-order valence-corrected chi connectivity index (χ3v) is 3.80. The Morgan fingerprint density at radius 1 is 1.17 bits per heavy atom. The van der Waals surface area contributed by atoms with E-state index < -0.39 is 0 Å². The lowest BCUT2D eigenvalue weighted by molar-refractivity contribution is 0.298. The first-order valence-corrected chi connectivity index (χ1v) is 7.69. The molecule has 0 spiro atoms. The lowest BCUT2D eigenvalue weighted by Crippen LogP contribution is -2.21. The summed E-state index contributed by atoms with van der Waals surface area (Å²) in [5.41, 5.74) is 1.56. The van der Waals surface area contributed by atoms with E-state index in [0.29, 0.717) is 24.6 Å². The molecule has 0 aliphatic carbocycles. The molecule has 0 radical (unpaired) electrons. The van der Waals surface area contributed by atoms with Crippen LogP contribution in [0.5, 0.6) is 5.75 Å². The fraction of sp³-hybridized carbons (Fsp3) is 0.353. The van der Waals surface area contributed by atoms with E-state index in [1.54, 1.807) is 12.4 Å². The highest BCUT2D eigenvalue weighted by molar-refractivity contribution is 5.84. The Balaban J connectivity index is 1.76. The van der Waals surface area contributed by atoms with Crippen LogP contribution in [-0.2, 0) is 13.1 Å². The molecule has 0 amide bonds. The van der Waals surface area contributed by atoms with Crippen LogP contribution in [0.3, 0.4) is 0 Å². The Morgan fingerprint density at radius 2 is 2.00 bits per heavy atom. The van der Waals surface area contributed by atoms with Crippen molar-refractivity contribution in [2.24, 2.45) is 0 Å². The second-order valence-corrected chi connectivity index (χ2v) is 6.07. The van der Waals surface area contributed by atoms with Gasteiger partial charge < -0.3 is 9.67 Å². The van der Waals surface area contributed by atoms with Crippen LogP contribution in [-0.4, -0.2) is 36.8 Å². The number of phenols is 1. The van der Waals surface area contributed by atoms with Crippen LogP contribution in [0, 0.1) is 0 Å². The minimum atomic E-state index is 0.214. The van der Waals surface area contributed by atoms with Crippen molar-refractivity contribution in [3.8, 4) is 5.75 Å². The first-order valence-electron chi connectivity index (χ1n) is 7.69. The first kappa shape index (κ1) is 15.4. The average Bonchev–Trinajstić information content (AvgIpc) is 2.96. The van der Waals surface area contributed by atoms with E-state index in [9.17, 15) is 5.11 Å². The van der Waals surface area contributed by atoms with Crippen molar-refractivity contribution in [3.05, 3.63) is 48.2 Å². The highest BCUT2D eigenvalue weighted by atomic mass is 16.3. The number of fused-ring (bicyclic) bond motifs is 1. The quantitative estimate of drug-likeness (QED) is 0.785. The van der Waals surface area contributed by atoms with Gasteiger partial charge in [-0.05, 0) is 33.0 Å². The molecular weight excluding hydrogens is 290 g/mol. The summed E-state index contributed by atoms with van der Waals surface area (Å²) in [5.74, 6) is 1.15. The number of rotatable bonds is 5. The minimum Gasteiger partial charge on any atom is -0.506 e. The smallest absolute Gasteiger partial charge is 0.147 e. The normalized spacial score (nSPS) is 11.7. The van der Waals surface area contributed by atoms with E-state index in [1.165, 1.54) is 0 Å². The molecule has 2 aromatic heterocycles. The molecule has 0 aliphatic rings. The van der Waals surface area contributed by atoms with Crippen molar-refractivity contribution >= 4 is 10.9 Å². The topological polar surface area (TPSA) is 67.1 Å². The van der Waals surface area contributed by atoms with Crippen LogP contribution in [0.1, 0.15) is 31.4 Å². The zero-order valence-electron chi connectivity index (χ0n) is 13.6. The molecule has 0 fully saturated rings. The summed E-state index contributed by atoms with van der Waals surface area (Å²) in [6.07, 6.45) is 1.76. The van der Waals surface area contributed by atoms with Crippen molar-refractivity contribution < 1.29 is 5.11 Å². The molecule has 120 valence electrons. The number of hydrogen-bond donors (Lipinski definition) is 1. The van der Waals surface area contributed by atoms with Crippen LogP contribution in [0.25, 0.3) is 10.9 Å². The Bertz CT molecular complexity index is 812. The van der Waals surface area contributed by atoms with Gasteiger partial charge in [0.2, 0.25) is 0 Å². The van der Waals surface area contributed by atoms with Gasteiger partial charge in [0.15, 0.2) is 0 Å². The summed E-state index contributed by atoms with van der Waals surface area (Å²) in [7, 11) is 2.02. The van der Waals surface area contributed by atoms with Gasteiger partial charge in [0.1, 0.15) is 23.4 Å². The predicted molar refractivity (Wildman–Crippen MR) is 89.0 cm³/mol. The van der Waals surface area contributed by atoms with Gasteiger partial charge in [-0.25, -0.2) is 4.98 Å². The number of para-hydroxylation sites is 1. The van der Waals surface area contributed by atoms with Gasteiger partial charge >= 0.3 is 0 Å². The van der Waals surface area contributed by atoms with Crippen LogP contribution >= 0.6 is 0 Å². The lowest BCUT2D eigenvalue weighted by Gasteiger charge is -2.18. The minimum absolute atomic E-state index is 0.214. The van der Waals surface area contributed by atoms with Crippen LogP contribution in [0.4, 0.5) is 0 Å². The Kier molecular flexibility index (Phi) is 4.25. The summed E-state index contributed by atoms with van der Waals surface area (Å²) in [6, 6.07) is 9.75. The summed E-state index contributed by atoms with van der Waals surface area (Å²) in [6.45, 7) is 5.59. The zero-order valence-corrected chi connectivity index (χ0v) is 13.6. The third-order valence-electron chi connectivity index (χ3n) is 3.80. The molecule has 3 rings (SSSR count). The Hall–Kier alpha value is -2.47. The van der Waals surface area contributed by atoms with Gasteiger partial charge in [-0.2, -0.15) is 0 Å². The van der Waals surface area contributed by atoms with E-state index >= 15 is 0 Å². The van der Waals surface area contributed by atoms with E-state index in [1.807, 2.05) is 31.3 Å². The van der Waals surface area contributed by atoms with Crippen LogP contribution in [0.2, 0.25) is 0 Å². The zero-order chi connectivity index (χ0) is 16.4. The molecule has 23 heavy (non-hydrogen) atoms. The number of phenolic OH excluding ortho intramolecular Hbond substituents is 1. The molecule has 0 atom stereocenters. The molecule has 6 heteroatoms. The molecule has 1 N–H and O–H groups in total. The summed E-state index contributed by atoms with van der Waals surface area (Å²) in [4.78, 5) is 6.70. The Morgan fingerprint density at radius 3 is 2.78 bits per heavy atom. The monoisotopic (exact) mass is 311 g/mol. The van der Waals surface area contributed by atoms with Crippen molar-refractivity contribution in [2.75, 3.05) is 7.05 Å². The highest BCUT2D eigenvalue weighted by Gasteiger charge is 2.11. The van der Waals surface area contributed by atoms with Gasteiger partial charge in [-0.1, -0.05) is 18.2 Å². The second-order valence-electron chi connectivity index (χ2n) is 6.07. The standard InChI is InChI=1S/C17H21N5O/c1-12(2)22-11-18-20-16(22)10-21(3)9-14-8-7-13-5-4-6-15(23)17(13)19-14/h4-8,11-12,23H,9-10H2,1-3H3. The molecule has 0 unspecified atom stereocenters. The predicted octanol–water partition coefficient (Wildman–Crippen LogP) is 2.74. The van der Waals surface area contributed by atoms with Gasteiger partial charge in [0.25, 0.3) is 0 Å². The molecule has 1 aromatic carbocycles. The lowest BCUT2D eigenvalue weighted by atomic mass is 10.2. The van der Waals surface area contributed by atoms with Crippen molar-refractivity contribution in [2.45, 2.75) is 33.0 Å². The number of aromatic hydroxyl groups is 1. The number of pyridine rings is 1. The van der Waals surface area contributed by atoms with Crippen molar-refractivity contribution in [1.82, 2.24) is 24.6 Å². The number of hydrogen-bond acceptors (Lipinski definition) is 5. The molecular formula is C17H21N5O. The van der Waals surface area contributed by atoms with Crippen molar-refractivity contribution in [3.63, 3.8) is 0 Å². The number of aromatic nitrogens is 4. The number of nitrogens with zero attached hydrogens (tertiary/aromatic N) is 5. The SMILES string of the molecule is CC(C)n1cnnc1CN(C)Cc1ccc2cccc(O)c2n1. The van der Waals surface area contributed by atoms with Gasteiger partial charge in [0, 0.05) is 18.0 Å². The number of benzene rings is 1. The molecule has 0 saturated heterocycles. The fourth-order valence-corrected chi connectivity index (χ4v) is 2.64. The van der Waals surface area contributed by atoms with Crippen molar-refractivity contribution in [1.29, 1.82) is 0 Å². The van der Waals surface area contributed by atoms with Crippen LogP contribution in [0.15, 0.2) is 36.7 Å². The van der Waals surface area contributed by atoms with E-state index in [4.69, 9.17) is 0 Å². The molecule has 0 bridgehead atoms. The summed E-state index contributed by atoms with van der Waals surface area (Å²) < 4.78 is 2.07. The summed E-state index contributed by atoms with van der Waals surface area (Å²) in [5, 5.41) is 19.1. The van der Waals surface area contributed by atoms with Gasteiger partial charge in [-0.15, -0.1) is 10.2 Å². The van der Waals surface area contributed by atoms with E-state index in [0.717, 1.165) is 16.9 Å².